The molecule has 98 valence electrons. The standard InChI is InChI=1S/C14H18FNO2/c15-13-6-1-3-11(9-13)10-16-7-8-18-14(17)12-4-2-5-12/h1,3,6,9,12,16H,2,4-5,7-8,10H2. The molecule has 1 N–H and O–H groups in total. The molecule has 1 aliphatic rings. The number of carbonyl (C=O) groups excluding carboxylic acids is 1. The molecule has 4 heteroatoms. The van der Waals surface area contributed by atoms with Crippen LogP contribution >= 0.6 is 0 Å². The SMILES string of the molecule is O=C(OCCNCc1cccc(F)c1)C1CCC1. The van der Waals surface area contributed by atoms with Gasteiger partial charge in [0.05, 0.1) is 5.92 Å². The highest BCUT2D eigenvalue weighted by Gasteiger charge is 2.26. The zero-order valence-corrected chi connectivity index (χ0v) is 10.3. The first kappa shape index (κ1) is 13.0. The van der Waals surface area contributed by atoms with Crippen molar-refractivity contribution in [3.05, 3.63) is 35.6 Å². The van der Waals surface area contributed by atoms with Crippen LogP contribution < -0.4 is 5.32 Å². The third-order valence-corrected chi connectivity index (χ3v) is 3.18. The fourth-order valence-electron chi connectivity index (χ4n) is 1.87. The lowest BCUT2D eigenvalue weighted by Gasteiger charge is -2.23. The first-order valence-electron chi connectivity index (χ1n) is 6.37. The van der Waals surface area contributed by atoms with Crippen molar-refractivity contribution in [2.24, 2.45) is 5.92 Å². The molecule has 0 amide bonds. The molecule has 0 atom stereocenters. The quantitative estimate of drug-likeness (QED) is 0.622. The highest BCUT2D eigenvalue weighted by atomic mass is 19.1. The number of hydrogen-bond acceptors (Lipinski definition) is 3. The van der Waals surface area contributed by atoms with Gasteiger partial charge in [-0.1, -0.05) is 18.6 Å². The van der Waals surface area contributed by atoms with Gasteiger partial charge in [-0.25, -0.2) is 4.39 Å². The summed E-state index contributed by atoms with van der Waals surface area (Å²) in [7, 11) is 0. The molecule has 1 aromatic rings. The van der Waals surface area contributed by atoms with E-state index in [9.17, 15) is 9.18 Å². The molecule has 3 nitrogen and oxygen atoms in total. The number of rotatable bonds is 6. The monoisotopic (exact) mass is 251 g/mol. The largest absolute Gasteiger partial charge is 0.464 e. The van der Waals surface area contributed by atoms with Crippen LogP contribution in [0.5, 0.6) is 0 Å². The predicted octanol–water partition coefficient (Wildman–Crippen LogP) is 2.26. The number of carbonyl (C=O) groups is 1. The molecule has 0 saturated heterocycles. The molecule has 1 fully saturated rings. The molecule has 18 heavy (non-hydrogen) atoms. The van der Waals surface area contributed by atoms with Crippen LogP contribution in [0.4, 0.5) is 4.39 Å². The fourth-order valence-corrected chi connectivity index (χ4v) is 1.87. The second-order valence-electron chi connectivity index (χ2n) is 4.60. The summed E-state index contributed by atoms with van der Waals surface area (Å²) in [5, 5.41) is 3.12. The van der Waals surface area contributed by atoms with E-state index in [-0.39, 0.29) is 17.7 Å². The van der Waals surface area contributed by atoms with E-state index in [4.69, 9.17) is 4.74 Å². The van der Waals surface area contributed by atoms with E-state index < -0.39 is 0 Å². The Kier molecular flexibility index (Phi) is 4.70. The Hall–Kier alpha value is -1.42. The minimum absolute atomic E-state index is 0.0752. The molecule has 0 aromatic heterocycles. The summed E-state index contributed by atoms with van der Waals surface area (Å²) in [6.07, 6.45) is 3.07. The average molecular weight is 251 g/mol. The summed E-state index contributed by atoms with van der Waals surface area (Å²) < 4.78 is 18.0. The maximum absolute atomic E-state index is 12.9. The number of ether oxygens (including phenoxy) is 1. The fraction of sp³-hybridized carbons (Fsp3) is 0.500. The van der Waals surface area contributed by atoms with Gasteiger partial charge in [0.2, 0.25) is 0 Å². The van der Waals surface area contributed by atoms with Crippen LogP contribution in [0.2, 0.25) is 0 Å². The Labute approximate surface area is 106 Å². The summed E-state index contributed by atoms with van der Waals surface area (Å²) in [5.41, 5.74) is 0.889. The number of hydrogen-bond donors (Lipinski definition) is 1. The van der Waals surface area contributed by atoms with Gasteiger partial charge in [0.25, 0.3) is 0 Å². The van der Waals surface area contributed by atoms with Crippen molar-refractivity contribution in [2.45, 2.75) is 25.8 Å². The Balaban J connectivity index is 1.57. The van der Waals surface area contributed by atoms with E-state index in [0.717, 1.165) is 24.8 Å². The minimum Gasteiger partial charge on any atom is -0.464 e. The number of nitrogens with one attached hydrogen (secondary N) is 1. The Morgan fingerprint density at radius 1 is 1.44 bits per heavy atom. The van der Waals surface area contributed by atoms with Gasteiger partial charge < -0.3 is 10.1 Å². The van der Waals surface area contributed by atoms with Crippen LogP contribution in [0.1, 0.15) is 24.8 Å². The van der Waals surface area contributed by atoms with Gasteiger partial charge in [0, 0.05) is 13.1 Å². The molecule has 0 spiro atoms. The second-order valence-corrected chi connectivity index (χ2v) is 4.60. The van der Waals surface area contributed by atoms with Gasteiger partial charge >= 0.3 is 5.97 Å². The van der Waals surface area contributed by atoms with Crippen molar-refractivity contribution in [3.8, 4) is 0 Å². The van der Waals surface area contributed by atoms with Gasteiger partial charge in [0.15, 0.2) is 0 Å². The van der Waals surface area contributed by atoms with E-state index in [1.807, 2.05) is 6.07 Å². The Morgan fingerprint density at radius 3 is 2.94 bits per heavy atom. The molecule has 0 aliphatic heterocycles. The summed E-state index contributed by atoms with van der Waals surface area (Å²) in [6, 6.07) is 6.46. The van der Waals surface area contributed by atoms with Gasteiger partial charge in [-0.05, 0) is 30.5 Å². The average Bonchev–Trinajstić information content (AvgIpc) is 2.26. The lowest BCUT2D eigenvalue weighted by atomic mass is 9.86. The Morgan fingerprint density at radius 2 is 2.28 bits per heavy atom. The highest BCUT2D eigenvalue weighted by molar-refractivity contribution is 5.73. The first-order valence-corrected chi connectivity index (χ1v) is 6.37. The van der Waals surface area contributed by atoms with E-state index in [0.29, 0.717) is 19.7 Å². The lowest BCUT2D eigenvalue weighted by Crippen LogP contribution is -2.27. The summed E-state index contributed by atoms with van der Waals surface area (Å²) in [4.78, 5) is 11.4. The second kappa shape index (κ2) is 6.50. The van der Waals surface area contributed by atoms with Crippen LogP contribution in [0, 0.1) is 11.7 Å². The maximum atomic E-state index is 12.9. The third kappa shape index (κ3) is 3.81. The van der Waals surface area contributed by atoms with Crippen molar-refractivity contribution in [2.75, 3.05) is 13.2 Å². The molecule has 0 radical (unpaired) electrons. The first-order chi connectivity index (χ1) is 8.75. The predicted molar refractivity (Wildman–Crippen MR) is 66.4 cm³/mol. The third-order valence-electron chi connectivity index (χ3n) is 3.18. The zero-order chi connectivity index (χ0) is 12.8. The van der Waals surface area contributed by atoms with Gasteiger partial charge in [-0.2, -0.15) is 0 Å². The lowest BCUT2D eigenvalue weighted by molar-refractivity contribution is -0.151. The smallest absolute Gasteiger partial charge is 0.308 e. The molecule has 1 saturated carbocycles. The van der Waals surface area contributed by atoms with Crippen LogP contribution in [0.25, 0.3) is 0 Å². The van der Waals surface area contributed by atoms with Crippen LogP contribution in [0.15, 0.2) is 24.3 Å². The van der Waals surface area contributed by atoms with Crippen molar-refractivity contribution in [1.29, 1.82) is 0 Å². The normalized spacial score (nSPS) is 15.2. The molecular weight excluding hydrogens is 233 g/mol. The van der Waals surface area contributed by atoms with Crippen LogP contribution in [-0.4, -0.2) is 19.1 Å². The highest BCUT2D eigenvalue weighted by Crippen LogP contribution is 2.27. The molecule has 0 bridgehead atoms. The summed E-state index contributed by atoms with van der Waals surface area (Å²) in [6.45, 7) is 1.55. The van der Waals surface area contributed by atoms with Gasteiger partial charge in [0.1, 0.15) is 12.4 Å². The van der Waals surface area contributed by atoms with Crippen LogP contribution in [0.3, 0.4) is 0 Å². The number of halogens is 1. The van der Waals surface area contributed by atoms with E-state index in [1.54, 1.807) is 6.07 Å². The van der Waals surface area contributed by atoms with E-state index in [2.05, 4.69) is 5.32 Å². The number of esters is 1. The molecule has 0 unspecified atom stereocenters. The van der Waals surface area contributed by atoms with Crippen molar-refractivity contribution in [3.63, 3.8) is 0 Å². The van der Waals surface area contributed by atoms with Crippen molar-refractivity contribution < 1.29 is 13.9 Å². The summed E-state index contributed by atoms with van der Waals surface area (Å²) >= 11 is 0. The maximum Gasteiger partial charge on any atom is 0.308 e. The minimum atomic E-state index is -0.231. The molecular formula is C14H18FNO2. The van der Waals surface area contributed by atoms with E-state index in [1.165, 1.54) is 12.1 Å². The number of benzene rings is 1. The molecule has 1 aromatic carbocycles. The Bertz CT molecular complexity index is 405. The van der Waals surface area contributed by atoms with Gasteiger partial charge in [-0.15, -0.1) is 0 Å². The molecule has 0 heterocycles. The van der Waals surface area contributed by atoms with E-state index >= 15 is 0 Å². The topological polar surface area (TPSA) is 38.3 Å². The van der Waals surface area contributed by atoms with Crippen molar-refractivity contribution in [1.82, 2.24) is 5.32 Å². The van der Waals surface area contributed by atoms with Gasteiger partial charge in [-0.3, -0.25) is 4.79 Å². The summed E-state index contributed by atoms with van der Waals surface area (Å²) in [5.74, 6) is -0.173. The zero-order valence-electron chi connectivity index (χ0n) is 10.3. The molecule has 1 aliphatic carbocycles. The van der Waals surface area contributed by atoms with Crippen LogP contribution in [-0.2, 0) is 16.1 Å². The van der Waals surface area contributed by atoms with Crippen molar-refractivity contribution >= 4 is 5.97 Å². The molecule has 2 rings (SSSR count).